The Morgan fingerprint density at radius 2 is 2.36 bits per heavy atom. The maximum Gasteiger partial charge on any atom is 0.336 e. The Bertz CT molecular complexity index is 385. The third kappa shape index (κ3) is 1.77. The highest BCUT2D eigenvalue weighted by molar-refractivity contribution is 6.80. The average molecular weight is 209 g/mol. The van der Waals surface area contributed by atoms with Gasteiger partial charge in [0.15, 0.2) is 7.28 Å². The second-order valence-electron chi connectivity index (χ2n) is 2.49. The molecular formula is C8H7BClN2O2. The van der Waals surface area contributed by atoms with Crippen LogP contribution in [0.4, 0.5) is 0 Å². The van der Waals surface area contributed by atoms with Gasteiger partial charge in [0.05, 0.1) is 11.3 Å². The van der Waals surface area contributed by atoms with E-state index in [-0.39, 0.29) is 16.4 Å². The van der Waals surface area contributed by atoms with Crippen molar-refractivity contribution in [2.45, 2.75) is 0 Å². The normalized spacial score (nSPS) is 16.4. The minimum absolute atomic E-state index is 0.0804. The molecule has 0 fully saturated rings. The molecule has 0 atom stereocenters. The van der Waals surface area contributed by atoms with E-state index in [1.165, 1.54) is 13.0 Å². The van der Waals surface area contributed by atoms with E-state index in [2.05, 4.69) is 16.7 Å². The number of carboxylic acids is 1. The number of hydrogen-bond acceptors (Lipinski definition) is 3. The molecule has 0 spiro atoms. The smallest absolute Gasteiger partial charge is 0.336 e. The predicted molar refractivity (Wildman–Crippen MR) is 57.3 cm³/mol. The van der Waals surface area contributed by atoms with Gasteiger partial charge in [0.2, 0.25) is 0 Å². The van der Waals surface area contributed by atoms with Crippen LogP contribution >= 0.6 is 11.6 Å². The molecule has 0 saturated carbocycles. The van der Waals surface area contributed by atoms with Gasteiger partial charge in [0.25, 0.3) is 0 Å². The lowest BCUT2D eigenvalue weighted by molar-refractivity contribution is -0.132. The fraction of sp³-hybridized carbons (Fsp3) is 0.125. The van der Waals surface area contributed by atoms with E-state index in [4.69, 9.17) is 16.7 Å². The highest BCUT2D eigenvalue weighted by atomic mass is 35.5. The van der Waals surface area contributed by atoms with Gasteiger partial charge < -0.3 is 5.11 Å². The summed E-state index contributed by atoms with van der Waals surface area (Å²) in [4.78, 5) is 18.1. The van der Waals surface area contributed by atoms with Crippen molar-refractivity contribution in [1.82, 2.24) is 0 Å². The minimum atomic E-state index is -1.06. The number of hydrogen-bond donors (Lipinski definition) is 1. The molecule has 0 unspecified atom stereocenters. The second kappa shape index (κ2) is 4.24. The first kappa shape index (κ1) is 10.7. The van der Waals surface area contributed by atoms with Gasteiger partial charge in [-0.05, 0) is 12.2 Å². The maximum atomic E-state index is 10.7. The number of carbonyl (C=O) groups is 1. The van der Waals surface area contributed by atoms with E-state index in [9.17, 15) is 4.79 Å². The Balaban J connectivity index is 3.17. The minimum Gasteiger partial charge on any atom is -0.478 e. The van der Waals surface area contributed by atoms with Gasteiger partial charge in [-0.2, -0.15) is 0 Å². The van der Waals surface area contributed by atoms with Crippen molar-refractivity contribution in [3.63, 3.8) is 0 Å². The van der Waals surface area contributed by atoms with Crippen LogP contribution in [0.3, 0.4) is 0 Å². The number of nitrogens with zero attached hydrogens (tertiary/aromatic N) is 2. The lowest BCUT2D eigenvalue weighted by atomic mass is 9.73. The molecule has 71 valence electrons. The molecule has 0 saturated heterocycles. The van der Waals surface area contributed by atoms with E-state index in [1.54, 1.807) is 7.28 Å². The number of aliphatic imine (C=N–C) groups is 2. The summed E-state index contributed by atoms with van der Waals surface area (Å²) in [6.45, 7) is 3.30. The van der Waals surface area contributed by atoms with Gasteiger partial charge in [0, 0.05) is 7.05 Å². The van der Waals surface area contributed by atoms with Crippen LogP contribution in [-0.4, -0.2) is 37.3 Å². The summed E-state index contributed by atoms with van der Waals surface area (Å²) >= 11 is 5.76. The molecule has 0 aromatic rings. The molecule has 0 amide bonds. The summed E-state index contributed by atoms with van der Waals surface area (Å²) in [6.07, 6.45) is 0. The maximum absolute atomic E-state index is 10.7. The molecule has 0 aliphatic carbocycles. The number of aliphatic carboxylic acids is 1. The van der Waals surface area contributed by atoms with Crippen molar-refractivity contribution in [3.8, 4) is 0 Å². The molecular weight excluding hydrogens is 202 g/mol. The molecule has 1 aliphatic rings. The molecule has 1 rings (SSSR count). The van der Waals surface area contributed by atoms with Crippen molar-refractivity contribution in [2.75, 3.05) is 7.05 Å². The van der Waals surface area contributed by atoms with E-state index >= 15 is 0 Å². The molecule has 1 radical (unpaired) electrons. The van der Waals surface area contributed by atoms with Gasteiger partial charge in [0.1, 0.15) is 5.17 Å². The van der Waals surface area contributed by atoms with Crippen LogP contribution in [0.2, 0.25) is 0 Å². The van der Waals surface area contributed by atoms with Crippen LogP contribution < -0.4 is 0 Å². The lowest BCUT2D eigenvalue weighted by Crippen LogP contribution is -2.03. The largest absolute Gasteiger partial charge is 0.478 e. The second-order valence-corrected chi connectivity index (χ2v) is 2.84. The summed E-state index contributed by atoms with van der Waals surface area (Å²) in [5, 5.41) is 9.02. The summed E-state index contributed by atoms with van der Waals surface area (Å²) in [5.74, 6) is 0.370. The zero-order valence-electron chi connectivity index (χ0n) is 7.49. The van der Waals surface area contributed by atoms with Crippen LogP contribution in [0, 0.1) is 0 Å². The molecule has 1 heterocycles. The molecule has 0 bridgehead atoms. The van der Waals surface area contributed by atoms with E-state index < -0.39 is 5.97 Å². The standard InChI is InChI=1S/C8H7BClN2O2/c1-11-6-4(8(13)14)3-9-5(6)7(10)12-2/h3H,1H2,2H3,(H,13,14). The predicted octanol–water partition coefficient (Wildman–Crippen LogP) is 0.852. The fourth-order valence-corrected chi connectivity index (χ4v) is 1.25. The highest BCUT2D eigenvalue weighted by Crippen LogP contribution is 2.24. The number of rotatable bonds is 3. The third-order valence-corrected chi connectivity index (χ3v) is 2.11. The van der Waals surface area contributed by atoms with Gasteiger partial charge >= 0.3 is 5.97 Å². The van der Waals surface area contributed by atoms with Crippen LogP contribution in [0.5, 0.6) is 0 Å². The van der Waals surface area contributed by atoms with Crippen molar-refractivity contribution in [2.24, 2.45) is 9.98 Å². The monoisotopic (exact) mass is 209 g/mol. The first-order valence-electron chi connectivity index (χ1n) is 3.74. The van der Waals surface area contributed by atoms with Gasteiger partial charge in [-0.15, -0.1) is 0 Å². The van der Waals surface area contributed by atoms with Crippen molar-refractivity contribution in [1.29, 1.82) is 0 Å². The molecule has 0 aromatic carbocycles. The Labute approximate surface area is 86.9 Å². The van der Waals surface area contributed by atoms with Crippen LogP contribution in [0.25, 0.3) is 0 Å². The Morgan fingerprint density at radius 1 is 1.71 bits per heavy atom. The first-order chi connectivity index (χ1) is 6.61. The van der Waals surface area contributed by atoms with Crippen molar-refractivity contribution >= 4 is 36.7 Å². The molecule has 6 heteroatoms. The Kier molecular flexibility index (Phi) is 3.25. The number of carboxylic acid groups (broad SMARTS) is 1. The topological polar surface area (TPSA) is 62.0 Å². The van der Waals surface area contributed by atoms with Crippen LogP contribution in [0.1, 0.15) is 0 Å². The van der Waals surface area contributed by atoms with Crippen LogP contribution in [-0.2, 0) is 4.79 Å². The Hall–Kier alpha value is -1.36. The highest BCUT2D eigenvalue weighted by Gasteiger charge is 2.24. The zero-order valence-corrected chi connectivity index (χ0v) is 8.25. The summed E-state index contributed by atoms with van der Waals surface area (Å²) < 4.78 is 0. The summed E-state index contributed by atoms with van der Waals surface area (Å²) in [6, 6.07) is 0. The average Bonchev–Trinajstić information content (AvgIpc) is 2.59. The summed E-state index contributed by atoms with van der Waals surface area (Å²) in [7, 11) is 3.07. The first-order valence-corrected chi connectivity index (χ1v) is 4.12. The summed E-state index contributed by atoms with van der Waals surface area (Å²) in [5.41, 5.74) is 0.825. The third-order valence-electron chi connectivity index (χ3n) is 1.73. The number of allylic oxidation sites excluding steroid dienone is 1. The van der Waals surface area contributed by atoms with Gasteiger partial charge in [-0.1, -0.05) is 17.6 Å². The molecule has 14 heavy (non-hydrogen) atoms. The molecule has 1 aliphatic heterocycles. The van der Waals surface area contributed by atoms with Crippen molar-refractivity contribution in [3.05, 3.63) is 22.7 Å². The van der Waals surface area contributed by atoms with E-state index in [0.29, 0.717) is 5.47 Å². The molecule has 1 N–H and O–H groups in total. The molecule has 4 nitrogen and oxygen atoms in total. The quantitative estimate of drug-likeness (QED) is 0.553. The van der Waals surface area contributed by atoms with Gasteiger partial charge in [-0.3, -0.25) is 9.98 Å². The lowest BCUT2D eigenvalue weighted by Gasteiger charge is -2.01. The molecule has 0 aromatic heterocycles. The van der Waals surface area contributed by atoms with Gasteiger partial charge in [-0.25, -0.2) is 4.79 Å². The zero-order chi connectivity index (χ0) is 10.7. The van der Waals surface area contributed by atoms with E-state index in [1.807, 2.05) is 0 Å². The van der Waals surface area contributed by atoms with E-state index in [0.717, 1.165) is 0 Å². The van der Waals surface area contributed by atoms with Crippen LogP contribution in [0.15, 0.2) is 32.7 Å². The van der Waals surface area contributed by atoms with Crippen molar-refractivity contribution < 1.29 is 9.90 Å². The SMILES string of the molecule is C=NC1=C(C(Cl)=NC)[B]C=C1C(=O)O. The fourth-order valence-electron chi connectivity index (χ4n) is 1.10. The number of halogens is 1. The Morgan fingerprint density at radius 3 is 2.79 bits per heavy atom.